The average molecular weight is 335 g/mol. The molecule has 1 heterocycles. The van der Waals surface area contributed by atoms with Crippen LogP contribution < -0.4 is 5.32 Å². The lowest BCUT2D eigenvalue weighted by molar-refractivity contribution is -0.129. The van der Waals surface area contributed by atoms with Gasteiger partial charge in [-0.3, -0.25) is 9.59 Å². The van der Waals surface area contributed by atoms with Gasteiger partial charge in [-0.1, -0.05) is 30.5 Å². The molecule has 2 fully saturated rings. The molecule has 1 N–H and O–H groups in total. The smallest absolute Gasteiger partial charge is 0.251 e. The van der Waals surface area contributed by atoms with E-state index in [4.69, 9.17) is 11.6 Å². The maximum Gasteiger partial charge on any atom is 0.251 e. The van der Waals surface area contributed by atoms with Crippen LogP contribution in [0.15, 0.2) is 18.2 Å². The van der Waals surface area contributed by atoms with Crippen LogP contribution in [0.5, 0.6) is 0 Å². The molecule has 1 saturated heterocycles. The first-order chi connectivity index (χ1) is 11.1. The molecular formula is C18H23ClN2O2. The van der Waals surface area contributed by atoms with Gasteiger partial charge in [-0.2, -0.15) is 0 Å². The van der Waals surface area contributed by atoms with Crippen molar-refractivity contribution in [3.63, 3.8) is 0 Å². The van der Waals surface area contributed by atoms with Crippen LogP contribution in [0.2, 0.25) is 5.02 Å². The highest BCUT2D eigenvalue weighted by atomic mass is 35.5. The van der Waals surface area contributed by atoms with Gasteiger partial charge in [0.1, 0.15) is 0 Å². The second-order valence-corrected chi connectivity index (χ2v) is 7.08. The van der Waals surface area contributed by atoms with Crippen LogP contribution >= 0.6 is 11.6 Å². The Morgan fingerprint density at radius 2 is 2.09 bits per heavy atom. The predicted molar refractivity (Wildman–Crippen MR) is 90.6 cm³/mol. The van der Waals surface area contributed by atoms with Crippen molar-refractivity contribution in [2.24, 2.45) is 5.92 Å². The summed E-state index contributed by atoms with van der Waals surface area (Å²) in [7, 11) is 0. The fourth-order valence-electron chi connectivity index (χ4n) is 3.70. The van der Waals surface area contributed by atoms with Gasteiger partial charge in [0.25, 0.3) is 5.91 Å². The number of hydrogen-bond donors (Lipinski definition) is 1. The van der Waals surface area contributed by atoms with Crippen LogP contribution in [0.1, 0.15) is 48.0 Å². The number of rotatable bonds is 4. The van der Waals surface area contributed by atoms with E-state index in [0.29, 0.717) is 29.6 Å². The van der Waals surface area contributed by atoms with Crippen molar-refractivity contribution in [2.45, 2.75) is 45.1 Å². The summed E-state index contributed by atoms with van der Waals surface area (Å²) < 4.78 is 0. The van der Waals surface area contributed by atoms with Gasteiger partial charge in [0, 0.05) is 42.1 Å². The van der Waals surface area contributed by atoms with E-state index in [-0.39, 0.29) is 17.7 Å². The number of amides is 2. The van der Waals surface area contributed by atoms with E-state index in [1.54, 1.807) is 18.2 Å². The van der Waals surface area contributed by atoms with Crippen molar-refractivity contribution in [1.82, 2.24) is 10.2 Å². The molecule has 1 aliphatic heterocycles. The van der Waals surface area contributed by atoms with Crippen LogP contribution in [0.3, 0.4) is 0 Å². The first-order valence-electron chi connectivity index (χ1n) is 8.39. The second kappa shape index (κ2) is 6.91. The molecule has 1 atom stereocenters. The first kappa shape index (κ1) is 16.3. The summed E-state index contributed by atoms with van der Waals surface area (Å²) in [5.41, 5.74) is 1.40. The lowest BCUT2D eigenvalue weighted by Crippen LogP contribution is -2.36. The summed E-state index contributed by atoms with van der Waals surface area (Å²) in [6.45, 7) is 3.16. The Morgan fingerprint density at radius 1 is 1.35 bits per heavy atom. The minimum atomic E-state index is -0.114. The van der Waals surface area contributed by atoms with Crippen molar-refractivity contribution in [3.05, 3.63) is 34.3 Å². The Labute approximate surface area is 142 Å². The highest BCUT2D eigenvalue weighted by Gasteiger charge is 2.35. The zero-order valence-corrected chi connectivity index (χ0v) is 14.2. The minimum absolute atomic E-state index is 0.114. The standard InChI is InChI=1S/C18H23ClN2O2/c1-12-15(7-4-8-16(12)19)18(23)20-10-13-9-17(22)21(11-13)14-5-2-3-6-14/h4,7-8,13-14H,2-3,5-6,9-11H2,1H3,(H,20,23)/t13-/m1/s1. The molecule has 1 aliphatic carbocycles. The van der Waals surface area contributed by atoms with Crippen molar-refractivity contribution < 1.29 is 9.59 Å². The molecule has 23 heavy (non-hydrogen) atoms. The number of likely N-dealkylation sites (tertiary alicyclic amines) is 1. The molecule has 0 unspecified atom stereocenters. The number of benzene rings is 1. The molecule has 4 nitrogen and oxygen atoms in total. The monoisotopic (exact) mass is 334 g/mol. The van der Waals surface area contributed by atoms with E-state index in [2.05, 4.69) is 5.32 Å². The van der Waals surface area contributed by atoms with Gasteiger partial charge < -0.3 is 10.2 Å². The molecule has 2 amide bonds. The molecule has 0 aromatic heterocycles. The average Bonchev–Trinajstić information content (AvgIpc) is 3.17. The van der Waals surface area contributed by atoms with Crippen molar-refractivity contribution in [2.75, 3.05) is 13.1 Å². The Morgan fingerprint density at radius 3 is 2.83 bits per heavy atom. The van der Waals surface area contributed by atoms with Gasteiger partial charge in [-0.15, -0.1) is 0 Å². The van der Waals surface area contributed by atoms with Gasteiger partial charge in [0.2, 0.25) is 5.91 Å². The molecule has 124 valence electrons. The maximum absolute atomic E-state index is 12.3. The predicted octanol–water partition coefficient (Wildman–Crippen LogP) is 3.17. The number of halogens is 1. The Hall–Kier alpha value is -1.55. The molecule has 0 bridgehead atoms. The van der Waals surface area contributed by atoms with E-state index < -0.39 is 0 Å². The quantitative estimate of drug-likeness (QED) is 0.919. The van der Waals surface area contributed by atoms with Gasteiger partial charge in [0.05, 0.1) is 0 Å². The number of carbonyl (C=O) groups is 2. The second-order valence-electron chi connectivity index (χ2n) is 6.68. The van der Waals surface area contributed by atoms with Gasteiger partial charge in [-0.25, -0.2) is 0 Å². The van der Waals surface area contributed by atoms with Crippen LogP contribution in [-0.2, 0) is 4.79 Å². The van der Waals surface area contributed by atoms with Gasteiger partial charge in [-0.05, 0) is 37.5 Å². The zero-order valence-electron chi connectivity index (χ0n) is 13.5. The molecular weight excluding hydrogens is 312 g/mol. The van der Waals surface area contributed by atoms with Crippen LogP contribution in [0.4, 0.5) is 0 Å². The number of carbonyl (C=O) groups excluding carboxylic acids is 2. The molecule has 0 radical (unpaired) electrons. The third-order valence-corrected chi connectivity index (χ3v) is 5.48. The Balaban J connectivity index is 1.55. The van der Waals surface area contributed by atoms with E-state index in [1.807, 2.05) is 11.8 Å². The SMILES string of the molecule is Cc1c(Cl)cccc1C(=O)NC[C@H]1CC(=O)N(C2CCCC2)C1. The van der Waals surface area contributed by atoms with Crippen LogP contribution in [0.25, 0.3) is 0 Å². The van der Waals surface area contributed by atoms with Crippen molar-refractivity contribution in [3.8, 4) is 0 Å². The highest BCUT2D eigenvalue weighted by Crippen LogP contribution is 2.29. The van der Waals surface area contributed by atoms with E-state index in [1.165, 1.54) is 12.8 Å². The molecule has 1 aromatic carbocycles. The number of nitrogens with one attached hydrogen (secondary N) is 1. The van der Waals surface area contributed by atoms with E-state index >= 15 is 0 Å². The molecule has 1 saturated carbocycles. The topological polar surface area (TPSA) is 49.4 Å². The van der Waals surface area contributed by atoms with Gasteiger partial charge in [0.15, 0.2) is 0 Å². The molecule has 3 rings (SSSR count). The lowest BCUT2D eigenvalue weighted by atomic mass is 10.1. The summed E-state index contributed by atoms with van der Waals surface area (Å²) in [5.74, 6) is 0.346. The molecule has 0 spiro atoms. The molecule has 1 aromatic rings. The summed E-state index contributed by atoms with van der Waals surface area (Å²) >= 11 is 6.06. The summed E-state index contributed by atoms with van der Waals surface area (Å²) in [5, 5.41) is 3.56. The summed E-state index contributed by atoms with van der Waals surface area (Å²) in [6, 6.07) is 5.77. The van der Waals surface area contributed by atoms with E-state index in [9.17, 15) is 9.59 Å². The number of nitrogens with zero attached hydrogens (tertiary/aromatic N) is 1. The van der Waals surface area contributed by atoms with Gasteiger partial charge >= 0.3 is 0 Å². The fourth-order valence-corrected chi connectivity index (χ4v) is 3.87. The molecule has 2 aliphatic rings. The first-order valence-corrected chi connectivity index (χ1v) is 8.77. The summed E-state index contributed by atoms with van der Waals surface area (Å²) in [4.78, 5) is 26.5. The maximum atomic E-state index is 12.3. The zero-order chi connectivity index (χ0) is 16.4. The largest absolute Gasteiger partial charge is 0.352 e. The third-order valence-electron chi connectivity index (χ3n) is 5.07. The lowest BCUT2D eigenvalue weighted by Gasteiger charge is -2.24. The normalized spacial score (nSPS) is 21.9. The van der Waals surface area contributed by atoms with Crippen LogP contribution in [-0.4, -0.2) is 35.8 Å². The highest BCUT2D eigenvalue weighted by molar-refractivity contribution is 6.31. The van der Waals surface area contributed by atoms with Crippen molar-refractivity contribution >= 4 is 23.4 Å². The minimum Gasteiger partial charge on any atom is -0.352 e. The summed E-state index contributed by atoms with van der Waals surface area (Å²) in [6.07, 6.45) is 5.26. The molecule has 5 heteroatoms. The van der Waals surface area contributed by atoms with E-state index in [0.717, 1.165) is 24.9 Å². The Bertz CT molecular complexity index is 611. The Kier molecular flexibility index (Phi) is 4.90. The fraction of sp³-hybridized carbons (Fsp3) is 0.556. The van der Waals surface area contributed by atoms with Crippen molar-refractivity contribution in [1.29, 1.82) is 0 Å². The third kappa shape index (κ3) is 3.52. The number of hydrogen-bond acceptors (Lipinski definition) is 2. The van der Waals surface area contributed by atoms with Crippen LogP contribution in [0, 0.1) is 12.8 Å².